The highest BCUT2D eigenvalue weighted by atomic mass is 35.5. The number of aromatic nitrogens is 2. The molecule has 1 aromatic heterocycles. The van der Waals surface area contributed by atoms with Crippen molar-refractivity contribution in [2.45, 2.75) is 51.6 Å². The van der Waals surface area contributed by atoms with E-state index in [4.69, 9.17) is 11.6 Å². The normalized spacial score (nSPS) is 12.5. The SMILES string of the molecule is Cc1nc(S[C@@H](C)C(=O)Nc2ccc(F)cc2Cl)n(CC(C)C)c1C. The summed E-state index contributed by atoms with van der Waals surface area (Å²) in [5.74, 6) is -0.159. The monoisotopic (exact) mass is 383 g/mol. The van der Waals surface area contributed by atoms with E-state index in [2.05, 4.69) is 28.7 Å². The molecule has 0 saturated carbocycles. The molecule has 0 spiro atoms. The first-order valence-corrected chi connectivity index (χ1v) is 9.41. The van der Waals surface area contributed by atoms with Crippen LogP contribution in [-0.4, -0.2) is 20.7 Å². The molecule has 1 heterocycles. The van der Waals surface area contributed by atoms with Crippen LogP contribution < -0.4 is 5.32 Å². The number of amides is 1. The Bertz CT molecular complexity index is 776. The second kappa shape index (κ2) is 8.23. The van der Waals surface area contributed by atoms with Gasteiger partial charge < -0.3 is 9.88 Å². The lowest BCUT2D eigenvalue weighted by atomic mass is 10.2. The Balaban J connectivity index is 2.12. The Kier molecular flexibility index (Phi) is 6.52. The smallest absolute Gasteiger partial charge is 0.237 e. The van der Waals surface area contributed by atoms with E-state index >= 15 is 0 Å². The van der Waals surface area contributed by atoms with Crippen molar-refractivity contribution in [3.05, 3.63) is 40.4 Å². The third-order valence-electron chi connectivity index (χ3n) is 3.81. The number of rotatable bonds is 6. The first-order valence-electron chi connectivity index (χ1n) is 8.15. The standard InChI is InChI=1S/C18H23ClFN3OS/c1-10(2)9-23-12(4)11(3)21-18(23)25-13(5)17(24)22-16-7-6-14(20)8-15(16)19/h6-8,10,13H,9H2,1-5H3,(H,22,24)/t13-/m0/s1. The van der Waals surface area contributed by atoms with E-state index in [1.54, 1.807) is 0 Å². The van der Waals surface area contributed by atoms with E-state index in [9.17, 15) is 9.18 Å². The molecule has 2 rings (SSSR count). The molecule has 0 fully saturated rings. The average molecular weight is 384 g/mol. The predicted octanol–water partition coefficient (Wildman–Crippen LogP) is 5.07. The lowest BCUT2D eigenvalue weighted by molar-refractivity contribution is -0.115. The third kappa shape index (κ3) is 4.98. The Morgan fingerprint density at radius 1 is 1.36 bits per heavy atom. The van der Waals surface area contributed by atoms with Crippen molar-refractivity contribution in [3.8, 4) is 0 Å². The number of hydrogen-bond donors (Lipinski definition) is 1. The van der Waals surface area contributed by atoms with E-state index in [1.165, 1.54) is 30.0 Å². The van der Waals surface area contributed by atoms with Crippen LogP contribution >= 0.6 is 23.4 Å². The minimum absolute atomic E-state index is 0.179. The molecule has 1 aromatic carbocycles. The summed E-state index contributed by atoms with van der Waals surface area (Å²) in [4.78, 5) is 17.0. The fourth-order valence-electron chi connectivity index (χ4n) is 2.33. The Morgan fingerprint density at radius 2 is 2.04 bits per heavy atom. The number of halogens is 2. The van der Waals surface area contributed by atoms with Gasteiger partial charge in [0.1, 0.15) is 5.82 Å². The molecule has 136 valence electrons. The maximum absolute atomic E-state index is 13.1. The van der Waals surface area contributed by atoms with Gasteiger partial charge in [0.25, 0.3) is 0 Å². The first-order chi connectivity index (χ1) is 11.7. The van der Waals surface area contributed by atoms with Crippen molar-refractivity contribution in [1.29, 1.82) is 0 Å². The van der Waals surface area contributed by atoms with Crippen molar-refractivity contribution in [2.24, 2.45) is 5.92 Å². The summed E-state index contributed by atoms with van der Waals surface area (Å²) in [6, 6.07) is 3.90. The molecule has 25 heavy (non-hydrogen) atoms. The second-order valence-corrected chi connectivity index (χ2v) is 8.16. The summed E-state index contributed by atoms with van der Waals surface area (Å²) in [6.07, 6.45) is 0. The van der Waals surface area contributed by atoms with E-state index in [-0.39, 0.29) is 16.2 Å². The van der Waals surface area contributed by atoms with Crippen LogP contribution in [0.15, 0.2) is 23.4 Å². The lowest BCUT2D eigenvalue weighted by Crippen LogP contribution is -2.23. The summed E-state index contributed by atoms with van der Waals surface area (Å²) >= 11 is 7.37. The molecule has 0 bridgehead atoms. The Morgan fingerprint density at radius 3 is 2.64 bits per heavy atom. The van der Waals surface area contributed by atoms with Crippen LogP contribution in [0.2, 0.25) is 5.02 Å². The van der Waals surface area contributed by atoms with Gasteiger partial charge in [-0.2, -0.15) is 0 Å². The molecule has 0 aliphatic carbocycles. The summed E-state index contributed by atoms with van der Waals surface area (Å²) in [5, 5.41) is 3.39. The van der Waals surface area contributed by atoms with Crippen LogP contribution in [0.3, 0.4) is 0 Å². The number of carbonyl (C=O) groups excluding carboxylic acids is 1. The van der Waals surface area contributed by atoms with Gasteiger partial charge in [-0.1, -0.05) is 37.2 Å². The van der Waals surface area contributed by atoms with Crippen molar-refractivity contribution in [3.63, 3.8) is 0 Å². The molecule has 0 saturated heterocycles. The molecule has 0 aliphatic heterocycles. The number of aryl methyl sites for hydroxylation is 1. The van der Waals surface area contributed by atoms with E-state index < -0.39 is 5.82 Å². The summed E-state index contributed by atoms with van der Waals surface area (Å²) < 4.78 is 15.3. The molecule has 1 atom stereocenters. The predicted molar refractivity (Wildman–Crippen MR) is 102 cm³/mol. The molecule has 0 radical (unpaired) electrons. The first kappa shape index (κ1) is 19.8. The van der Waals surface area contributed by atoms with Gasteiger partial charge in [-0.3, -0.25) is 4.79 Å². The zero-order valence-electron chi connectivity index (χ0n) is 15.1. The van der Waals surface area contributed by atoms with E-state index in [0.717, 1.165) is 23.1 Å². The van der Waals surface area contributed by atoms with Crippen molar-refractivity contribution in [1.82, 2.24) is 9.55 Å². The molecular weight excluding hydrogens is 361 g/mol. The minimum atomic E-state index is -0.438. The van der Waals surface area contributed by atoms with E-state index in [0.29, 0.717) is 11.6 Å². The second-order valence-electron chi connectivity index (χ2n) is 6.44. The van der Waals surface area contributed by atoms with Crippen molar-refractivity contribution >= 4 is 35.0 Å². The number of thioether (sulfide) groups is 1. The van der Waals surface area contributed by atoms with Crippen LogP contribution in [0.25, 0.3) is 0 Å². The maximum atomic E-state index is 13.1. The number of anilines is 1. The highest BCUT2D eigenvalue weighted by molar-refractivity contribution is 8.00. The summed E-state index contributed by atoms with van der Waals surface area (Å²) in [7, 11) is 0. The van der Waals surface area contributed by atoms with E-state index in [1.807, 2.05) is 20.8 Å². The van der Waals surface area contributed by atoms with Crippen molar-refractivity contribution < 1.29 is 9.18 Å². The number of nitrogens with one attached hydrogen (secondary N) is 1. The summed E-state index contributed by atoms with van der Waals surface area (Å²) in [5.41, 5.74) is 2.49. The average Bonchev–Trinajstić information content (AvgIpc) is 2.77. The molecule has 1 amide bonds. The van der Waals surface area contributed by atoms with Gasteiger partial charge in [0, 0.05) is 12.2 Å². The van der Waals surface area contributed by atoms with Gasteiger partial charge >= 0.3 is 0 Å². The lowest BCUT2D eigenvalue weighted by Gasteiger charge is -2.15. The largest absolute Gasteiger partial charge is 0.324 e. The topological polar surface area (TPSA) is 46.9 Å². The zero-order chi connectivity index (χ0) is 18.7. The number of benzene rings is 1. The van der Waals surface area contributed by atoms with Crippen LogP contribution in [0, 0.1) is 25.6 Å². The molecule has 2 aromatic rings. The number of hydrogen-bond acceptors (Lipinski definition) is 3. The molecule has 7 heteroatoms. The van der Waals surface area contributed by atoms with Crippen LogP contribution in [0.5, 0.6) is 0 Å². The Hall–Kier alpha value is -1.53. The molecule has 1 N–H and O–H groups in total. The highest BCUT2D eigenvalue weighted by Gasteiger charge is 2.21. The Labute approximate surface area is 157 Å². The molecule has 4 nitrogen and oxygen atoms in total. The van der Waals surface area contributed by atoms with Gasteiger partial charge in [-0.25, -0.2) is 9.37 Å². The quantitative estimate of drug-likeness (QED) is 0.708. The minimum Gasteiger partial charge on any atom is -0.324 e. The maximum Gasteiger partial charge on any atom is 0.237 e. The highest BCUT2D eigenvalue weighted by Crippen LogP contribution is 2.28. The van der Waals surface area contributed by atoms with Gasteiger partial charge in [0.05, 0.1) is 21.7 Å². The zero-order valence-corrected chi connectivity index (χ0v) is 16.6. The number of nitrogens with zero attached hydrogens (tertiary/aromatic N) is 2. The van der Waals surface area contributed by atoms with Crippen molar-refractivity contribution in [2.75, 3.05) is 5.32 Å². The molecular formula is C18H23ClFN3OS. The number of imidazole rings is 1. The van der Waals surface area contributed by atoms with Crippen LogP contribution in [0.4, 0.5) is 10.1 Å². The fourth-order valence-corrected chi connectivity index (χ4v) is 3.56. The van der Waals surface area contributed by atoms with Crippen LogP contribution in [-0.2, 0) is 11.3 Å². The van der Waals surface area contributed by atoms with Gasteiger partial charge in [0.15, 0.2) is 5.16 Å². The third-order valence-corrected chi connectivity index (χ3v) is 5.21. The van der Waals surface area contributed by atoms with Gasteiger partial charge in [0.2, 0.25) is 5.91 Å². The van der Waals surface area contributed by atoms with Crippen LogP contribution in [0.1, 0.15) is 32.2 Å². The fraction of sp³-hybridized carbons (Fsp3) is 0.444. The summed E-state index contributed by atoms with van der Waals surface area (Å²) in [6.45, 7) is 11.0. The van der Waals surface area contributed by atoms with Gasteiger partial charge in [-0.15, -0.1) is 0 Å². The molecule has 0 unspecified atom stereocenters. The molecule has 0 aliphatic rings. The number of carbonyl (C=O) groups is 1. The van der Waals surface area contributed by atoms with Gasteiger partial charge in [-0.05, 0) is 44.9 Å².